The quantitative estimate of drug-likeness (QED) is 0.503. The van der Waals surface area contributed by atoms with E-state index in [9.17, 15) is 14.4 Å². The SMILES string of the molecule is O=CN1CCN(c2ccc(C(=O)Nc3ccc(Cl)cc3C(=O)Nc3ccc(Cl)cn3)cn2)CC1. The summed E-state index contributed by atoms with van der Waals surface area (Å²) in [5.74, 6) is 0.117. The first-order valence-corrected chi connectivity index (χ1v) is 11.1. The zero-order valence-electron chi connectivity index (χ0n) is 17.9. The van der Waals surface area contributed by atoms with E-state index in [0.717, 1.165) is 12.2 Å². The Kier molecular flexibility index (Phi) is 7.24. The normalized spacial score (nSPS) is 13.4. The fourth-order valence-corrected chi connectivity index (χ4v) is 3.69. The van der Waals surface area contributed by atoms with Crippen molar-refractivity contribution < 1.29 is 14.4 Å². The van der Waals surface area contributed by atoms with Crippen molar-refractivity contribution >= 4 is 58.7 Å². The van der Waals surface area contributed by atoms with Gasteiger partial charge in [-0.1, -0.05) is 23.2 Å². The number of carbonyl (C=O) groups is 3. The number of anilines is 3. The van der Waals surface area contributed by atoms with Gasteiger partial charge in [0.2, 0.25) is 6.41 Å². The zero-order chi connectivity index (χ0) is 24.1. The number of rotatable bonds is 6. The van der Waals surface area contributed by atoms with Gasteiger partial charge in [0, 0.05) is 43.6 Å². The first kappa shape index (κ1) is 23.5. The largest absolute Gasteiger partial charge is 0.353 e. The molecular weight excluding hydrogens is 479 g/mol. The Morgan fingerprint density at radius 3 is 2.26 bits per heavy atom. The molecule has 0 atom stereocenters. The molecule has 3 heterocycles. The minimum Gasteiger partial charge on any atom is -0.353 e. The summed E-state index contributed by atoms with van der Waals surface area (Å²) >= 11 is 11.9. The molecule has 34 heavy (non-hydrogen) atoms. The average Bonchev–Trinajstić information content (AvgIpc) is 2.86. The van der Waals surface area contributed by atoms with Gasteiger partial charge in [-0.2, -0.15) is 0 Å². The minimum absolute atomic E-state index is 0.176. The van der Waals surface area contributed by atoms with Gasteiger partial charge in [0.1, 0.15) is 11.6 Å². The zero-order valence-corrected chi connectivity index (χ0v) is 19.4. The Morgan fingerprint density at radius 1 is 0.853 bits per heavy atom. The maximum atomic E-state index is 12.8. The molecule has 11 heteroatoms. The van der Waals surface area contributed by atoms with Crippen molar-refractivity contribution in [1.82, 2.24) is 14.9 Å². The second-order valence-electron chi connectivity index (χ2n) is 7.49. The van der Waals surface area contributed by atoms with Crippen LogP contribution < -0.4 is 15.5 Å². The van der Waals surface area contributed by atoms with Gasteiger partial charge in [0.15, 0.2) is 0 Å². The molecule has 1 fully saturated rings. The summed E-state index contributed by atoms with van der Waals surface area (Å²) in [5.41, 5.74) is 0.793. The van der Waals surface area contributed by atoms with Crippen LogP contribution in [0.5, 0.6) is 0 Å². The summed E-state index contributed by atoms with van der Waals surface area (Å²) in [6, 6.07) is 11.2. The molecule has 0 radical (unpaired) electrons. The van der Waals surface area contributed by atoms with Gasteiger partial charge >= 0.3 is 0 Å². The third kappa shape index (κ3) is 5.62. The summed E-state index contributed by atoms with van der Waals surface area (Å²) in [6.07, 6.45) is 3.73. The Bertz CT molecular complexity index is 1200. The minimum atomic E-state index is -0.490. The number of benzene rings is 1. The van der Waals surface area contributed by atoms with Crippen LogP contribution in [0.2, 0.25) is 10.0 Å². The lowest BCUT2D eigenvalue weighted by Crippen LogP contribution is -2.46. The van der Waals surface area contributed by atoms with Crippen molar-refractivity contribution in [3.63, 3.8) is 0 Å². The van der Waals surface area contributed by atoms with Gasteiger partial charge in [-0.15, -0.1) is 0 Å². The van der Waals surface area contributed by atoms with Crippen molar-refractivity contribution in [3.8, 4) is 0 Å². The van der Waals surface area contributed by atoms with E-state index in [0.29, 0.717) is 47.6 Å². The van der Waals surface area contributed by atoms with Gasteiger partial charge < -0.3 is 20.4 Å². The van der Waals surface area contributed by atoms with Crippen LogP contribution in [0.4, 0.5) is 17.3 Å². The maximum absolute atomic E-state index is 12.8. The molecule has 1 aliphatic heterocycles. The molecule has 4 rings (SSSR count). The lowest BCUT2D eigenvalue weighted by Gasteiger charge is -2.33. The van der Waals surface area contributed by atoms with E-state index in [1.807, 2.05) is 4.90 Å². The second kappa shape index (κ2) is 10.5. The lowest BCUT2D eigenvalue weighted by atomic mass is 10.1. The van der Waals surface area contributed by atoms with Crippen molar-refractivity contribution in [3.05, 3.63) is 76.0 Å². The van der Waals surface area contributed by atoms with Crippen LogP contribution in [0.1, 0.15) is 20.7 Å². The number of amides is 3. The van der Waals surface area contributed by atoms with Crippen LogP contribution in [0, 0.1) is 0 Å². The number of hydrogen-bond acceptors (Lipinski definition) is 6. The van der Waals surface area contributed by atoms with Gasteiger partial charge in [0.05, 0.1) is 21.8 Å². The number of halogens is 2. The summed E-state index contributed by atoms with van der Waals surface area (Å²) in [7, 11) is 0. The Balaban J connectivity index is 1.46. The van der Waals surface area contributed by atoms with E-state index in [1.165, 1.54) is 18.5 Å². The maximum Gasteiger partial charge on any atom is 0.258 e. The van der Waals surface area contributed by atoms with Crippen LogP contribution in [-0.2, 0) is 4.79 Å². The molecule has 0 spiro atoms. The molecule has 3 aromatic rings. The number of pyridine rings is 2. The number of hydrogen-bond donors (Lipinski definition) is 2. The van der Waals surface area contributed by atoms with Gasteiger partial charge in [-0.25, -0.2) is 9.97 Å². The van der Waals surface area contributed by atoms with E-state index in [4.69, 9.17) is 23.2 Å². The van der Waals surface area contributed by atoms with E-state index in [1.54, 1.807) is 41.3 Å². The smallest absolute Gasteiger partial charge is 0.258 e. The Labute approximate surface area is 205 Å². The fraction of sp³-hybridized carbons (Fsp3) is 0.174. The van der Waals surface area contributed by atoms with Gasteiger partial charge in [0.25, 0.3) is 11.8 Å². The first-order valence-electron chi connectivity index (χ1n) is 10.4. The number of carbonyl (C=O) groups excluding carboxylic acids is 3. The summed E-state index contributed by atoms with van der Waals surface area (Å²) in [6.45, 7) is 2.59. The molecule has 9 nitrogen and oxygen atoms in total. The van der Waals surface area contributed by atoms with Crippen LogP contribution >= 0.6 is 23.2 Å². The van der Waals surface area contributed by atoms with E-state index >= 15 is 0 Å². The Hall–Kier alpha value is -3.69. The standard InChI is InChI=1S/C23H20Cl2N6O3/c24-16-2-4-19(18(11-16)23(34)29-20-5-3-17(25)13-26-20)28-22(33)15-1-6-21(27-12-15)31-9-7-30(14-32)8-10-31/h1-6,11-14H,7-10H2,(H,28,33)(H,26,29,34). The number of nitrogens with one attached hydrogen (secondary N) is 2. The molecule has 1 aliphatic rings. The highest BCUT2D eigenvalue weighted by atomic mass is 35.5. The third-order valence-corrected chi connectivity index (χ3v) is 5.70. The van der Waals surface area contributed by atoms with Gasteiger partial charge in [-0.3, -0.25) is 14.4 Å². The average molecular weight is 499 g/mol. The van der Waals surface area contributed by atoms with E-state index in [2.05, 4.69) is 20.6 Å². The van der Waals surface area contributed by atoms with Crippen LogP contribution in [0.25, 0.3) is 0 Å². The van der Waals surface area contributed by atoms with Crippen LogP contribution in [-0.4, -0.2) is 59.3 Å². The van der Waals surface area contributed by atoms with Crippen LogP contribution in [0.15, 0.2) is 54.9 Å². The summed E-state index contributed by atoms with van der Waals surface area (Å²) < 4.78 is 0. The number of aromatic nitrogens is 2. The molecule has 1 saturated heterocycles. The second-order valence-corrected chi connectivity index (χ2v) is 8.37. The van der Waals surface area contributed by atoms with Crippen molar-refractivity contribution in [2.75, 3.05) is 41.7 Å². The van der Waals surface area contributed by atoms with Crippen molar-refractivity contribution in [2.45, 2.75) is 0 Å². The number of nitrogens with zero attached hydrogens (tertiary/aromatic N) is 4. The molecule has 0 aliphatic carbocycles. The van der Waals surface area contributed by atoms with E-state index < -0.39 is 11.8 Å². The highest BCUT2D eigenvalue weighted by molar-refractivity contribution is 6.31. The van der Waals surface area contributed by atoms with Gasteiger partial charge in [-0.05, 0) is 42.5 Å². The molecule has 0 bridgehead atoms. The summed E-state index contributed by atoms with van der Waals surface area (Å²) in [5, 5.41) is 6.18. The summed E-state index contributed by atoms with van der Waals surface area (Å²) in [4.78, 5) is 48.7. The topological polar surface area (TPSA) is 108 Å². The third-order valence-electron chi connectivity index (χ3n) is 5.24. The number of piperazine rings is 1. The molecule has 174 valence electrons. The molecule has 2 N–H and O–H groups in total. The highest BCUT2D eigenvalue weighted by Gasteiger charge is 2.19. The van der Waals surface area contributed by atoms with Crippen LogP contribution in [0.3, 0.4) is 0 Å². The predicted molar refractivity (Wildman–Crippen MR) is 131 cm³/mol. The molecule has 2 aromatic heterocycles. The molecule has 0 saturated carbocycles. The monoisotopic (exact) mass is 498 g/mol. The van der Waals surface area contributed by atoms with E-state index in [-0.39, 0.29) is 11.3 Å². The fourth-order valence-electron chi connectivity index (χ4n) is 3.41. The molecule has 0 unspecified atom stereocenters. The molecule has 3 amide bonds. The van der Waals surface area contributed by atoms with Crippen molar-refractivity contribution in [2.24, 2.45) is 0 Å². The molecule has 1 aromatic carbocycles. The molecular formula is C23H20Cl2N6O3. The Morgan fingerprint density at radius 2 is 1.62 bits per heavy atom. The first-order chi connectivity index (χ1) is 16.4. The lowest BCUT2D eigenvalue weighted by molar-refractivity contribution is -0.118. The predicted octanol–water partition coefficient (Wildman–Crippen LogP) is 3.57. The highest BCUT2D eigenvalue weighted by Crippen LogP contribution is 2.23. The van der Waals surface area contributed by atoms with Crippen molar-refractivity contribution in [1.29, 1.82) is 0 Å².